The van der Waals surface area contributed by atoms with Gasteiger partial charge in [0.15, 0.2) is 0 Å². The van der Waals surface area contributed by atoms with E-state index in [2.05, 4.69) is 26.6 Å². The Labute approximate surface area is 166 Å². The highest BCUT2D eigenvalue weighted by Crippen LogP contribution is 2.20. The van der Waals surface area contributed by atoms with Gasteiger partial charge in [0.1, 0.15) is 5.82 Å². The molecule has 2 saturated heterocycles. The first-order chi connectivity index (χ1) is 13.3. The molecule has 0 aliphatic carbocycles. The van der Waals surface area contributed by atoms with Crippen molar-refractivity contribution >= 4 is 11.3 Å². The van der Waals surface area contributed by atoms with E-state index in [1.54, 1.807) is 12.1 Å². The minimum atomic E-state index is -0.0864. The third-order valence-corrected chi connectivity index (χ3v) is 6.72. The van der Waals surface area contributed by atoms with Crippen LogP contribution in [0.25, 0.3) is 0 Å². The summed E-state index contributed by atoms with van der Waals surface area (Å²) in [6.45, 7) is 7.33. The number of benzene rings is 1. The maximum Gasteiger partial charge on any atom is 0.127 e. The smallest absolute Gasteiger partial charge is 0.127 e. The Morgan fingerprint density at radius 3 is 2.70 bits per heavy atom. The highest BCUT2D eigenvalue weighted by atomic mass is 32.1. The van der Waals surface area contributed by atoms with E-state index >= 15 is 0 Å². The molecule has 1 unspecified atom stereocenters. The lowest BCUT2D eigenvalue weighted by molar-refractivity contribution is 0.181. The largest absolute Gasteiger partial charge is 0.308 e. The van der Waals surface area contributed by atoms with E-state index in [4.69, 9.17) is 0 Å². The zero-order valence-electron chi connectivity index (χ0n) is 16.0. The molecule has 1 aromatic carbocycles. The van der Waals surface area contributed by atoms with Crippen LogP contribution in [0.4, 0.5) is 4.39 Å². The number of hydrogen-bond donors (Lipinski definition) is 1. The van der Waals surface area contributed by atoms with Crippen LogP contribution in [0.2, 0.25) is 0 Å². The first-order valence-corrected chi connectivity index (χ1v) is 11.1. The molecule has 2 aliphatic rings. The Morgan fingerprint density at radius 1 is 1.04 bits per heavy atom. The molecule has 1 aromatic heterocycles. The van der Waals surface area contributed by atoms with Crippen LogP contribution in [-0.2, 0) is 19.6 Å². The zero-order valence-corrected chi connectivity index (χ0v) is 16.8. The number of piperidine rings is 1. The van der Waals surface area contributed by atoms with Crippen LogP contribution >= 0.6 is 11.3 Å². The fourth-order valence-electron chi connectivity index (χ4n) is 4.28. The van der Waals surface area contributed by atoms with Crippen LogP contribution < -0.4 is 5.32 Å². The molecule has 3 nitrogen and oxygen atoms in total. The fourth-order valence-corrected chi connectivity index (χ4v) is 5.11. The van der Waals surface area contributed by atoms with Crippen LogP contribution in [0.1, 0.15) is 41.7 Å². The van der Waals surface area contributed by atoms with Crippen molar-refractivity contribution in [2.75, 3.05) is 26.2 Å². The molecule has 0 radical (unpaired) electrons. The Balaban J connectivity index is 1.24. The molecule has 5 heteroatoms. The molecule has 146 valence electrons. The van der Waals surface area contributed by atoms with Crippen molar-refractivity contribution in [3.05, 3.63) is 57.5 Å². The number of nitrogens with one attached hydrogen (secondary N) is 1. The highest BCUT2D eigenvalue weighted by Gasteiger charge is 2.20. The Hall–Kier alpha value is -1.27. The predicted octanol–water partition coefficient (Wildman–Crippen LogP) is 4.24. The quantitative estimate of drug-likeness (QED) is 0.767. The van der Waals surface area contributed by atoms with Gasteiger partial charge in [-0.15, -0.1) is 11.3 Å². The van der Waals surface area contributed by atoms with Gasteiger partial charge in [-0.25, -0.2) is 4.39 Å². The maximum absolute atomic E-state index is 13.9. The fraction of sp³-hybridized carbons (Fsp3) is 0.545. The molecule has 0 bridgehead atoms. The molecule has 2 aromatic rings. The lowest BCUT2D eigenvalue weighted by Crippen LogP contribution is -2.45. The van der Waals surface area contributed by atoms with Crippen molar-refractivity contribution in [2.45, 2.75) is 51.4 Å². The molecule has 4 rings (SSSR count). The van der Waals surface area contributed by atoms with Gasteiger partial charge in [0.2, 0.25) is 0 Å². The molecule has 2 aliphatic heterocycles. The van der Waals surface area contributed by atoms with Crippen molar-refractivity contribution in [1.82, 2.24) is 15.1 Å². The highest BCUT2D eigenvalue weighted by molar-refractivity contribution is 7.10. The van der Waals surface area contributed by atoms with E-state index in [-0.39, 0.29) is 5.82 Å². The standard InChI is InChI=1S/C22H30FN3S/c23-22-8-2-1-6-19(22)15-26-11-5-7-20(16-26)24-13-21-12-18(17-27-21)14-25-9-3-4-10-25/h1-2,6,8,12,17,20,24H,3-5,7,9-11,13-16H2. The van der Waals surface area contributed by atoms with Gasteiger partial charge in [0, 0.05) is 42.7 Å². The number of thiophene rings is 1. The van der Waals surface area contributed by atoms with Crippen molar-refractivity contribution in [1.29, 1.82) is 0 Å². The number of likely N-dealkylation sites (tertiary alicyclic amines) is 2. The van der Waals surface area contributed by atoms with E-state index < -0.39 is 0 Å². The molecule has 3 heterocycles. The van der Waals surface area contributed by atoms with Crippen molar-refractivity contribution in [3.8, 4) is 0 Å². The van der Waals surface area contributed by atoms with Crippen molar-refractivity contribution in [2.24, 2.45) is 0 Å². The Morgan fingerprint density at radius 2 is 1.85 bits per heavy atom. The summed E-state index contributed by atoms with van der Waals surface area (Å²) in [4.78, 5) is 6.36. The van der Waals surface area contributed by atoms with E-state index in [1.165, 1.54) is 49.2 Å². The molecule has 0 saturated carbocycles. The number of rotatable bonds is 7. The van der Waals surface area contributed by atoms with Gasteiger partial charge in [-0.2, -0.15) is 0 Å². The molecule has 0 spiro atoms. The van der Waals surface area contributed by atoms with Gasteiger partial charge in [-0.1, -0.05) is 18.2 Å². The Bertz CT molecular complexity index is 726. The summed E-state index contributed by atoms with van der Waals surface area (Å²) in [7, 11) is 0. The molecule has 1 N–H and O–H groups in total. The van der Waals surface area contributed by atoms with Gasteiger partial charge >= 0.3 is 0 Å². The molecule has 27 heavy (non-hydrogen) atoms. The summed E-state index contributed by atoms with van der Waals surface area (Å²) < 4.78 is 13.9. The van der Waals surface area contributed by atoms with Crippen LogP contribution in [-0.4, -0.2) is 42.0 Å². The van der Waals surface area contributed by atoms with Gasteiger partial charge in [0.05, 0.1) is 0 Å². The second-order valence-corrected chi connectivity index (χ2v) is 8.95. The Kier molecular flexibility index (Phi) is 6.56. The number of hydrogen-bond acceptors (Lipinski definition) is 4. The first-order valence-electron chi connectivity index (χ1n) is 10.2. The molecular formula is C22H30FN3S. The molecular weight excluding hydrogens is 357 g/mol. The summed E-state index contributed by atoms with van der Waals surface area (Å²) in [5.41, 5.74) is 2.27. The van der Waals surface area contributed by atoms with Crippen molar-refractivity contribution in [3.63, 3.8) is 0 Å². The van der Waals surface area contributed by atoms with Gasteiger partial charge in [-0.3, -0.25) is 9.80 Å². The first kappa shape index (κ1) is 19.1. The van der Waals surface area contributed by atoms with Crippen LogP contribution in [0.5, 0.6) is 0 Å². The summed E-state index contributed by atoms with van der Waals surface area (Å²) >= 11 is 1.87. The predicted molar refractivity (Wildman–Crippen MR) is 110 cm³/mol. The summed E-state index contributed by atoms with van der Waals surface area (Å²) in [6.07, 6.45) is 5.09. The monoisotopic (exact) mass is 387 g/mol. The second kappa shape index (κ2) is 9.28. The average molecular weight is 388 g/mol. The topological polar surface area (TPSA) is 18.5 Å². The summed E-state index contributed by atoms with van der Waals surface area (Å²) in [5.74, 6) is -0.0864. The lowest BCUT2D eigenvalue weighted by atomic mass is 10.0. The molecule has 0 amide bonds. The molecule has 1 atom stereocenters. The normalized spacial score (nSPS) is 21.7. The maximum atomic E-state index is 13.9. The van der Waals surface area contributed by atoms with E-state index in [0.717, 1.165) is 31.7 Å². The van der Waals surface area contributed by atoms with Gasteiger partial charge in [-0.05, 0) is 68.4 Å². The minimum Gasteiger partial charge on any atom is -0.308 e. The summed E-state index contributed by atoms with van der Waals surface area (Å²) in [6, 6.07) is 10.0. The zero-order chi connectivity index (χ0) is 18.5. The third-order valence-electron chi connectivity index (χ3n) is 5.74. The van der Waals surface area contributed by atoms with Crippen LogP contribution in [0.3, 0.4) is 0 Å². The number of nitrogens with zero attached hydrogens (tertiary/aromatic N) is 2. The summed E-state index contributed by atoms with van der Waals surface area (Å²) in [5, 5.41) is 6.06. The van der Waals surface area contributed by atoms with Gasteiger partial charge < -0.3 is 5.32 Å². The van der Waals surface area contributed by atoms with Crippen LogP contribution in [0, 0.1) is 5.82 Å². The van der Waals surface area contributed by atoms with E-state index in [1.807, 2.05) is 23.5 Å². The van der Waals surface area contributed by atoms with Crippen molar-refractivity contribution < 1.29 is 4.39 Å². The third kappa shape index (κ3) is 5.38. The van der Waals surface area contributed by atoms with Crippen LogP contribution in [0.15, 0.2) is 35.7 Å². The van der Waals surface area contributed by atoms with Gasteiger partial charge in [0.25, 0.3) is 0 Å². The number of halogens is 1. The average Bonchev–Trinajstić information content (AvgIpc) is 3.35. The van der Waals surface area contributed by atoms with E-state index in [9.17, 15) is 4.39 Å². The minimum absolute atomic E-state index is 0.0864. The molecule has 2 fully saturated rings. The lowest BCUT2D eigenvalue weighted by Gasteiger charge is -2.33. The van der Waals surface area contributed by atoms with E-state index in [0.29, 0.717) is 12.6 Å². The SMILES string of the molecule is Fc1ccccc1CN1CCCC(NCc2cc(CN3CCCC3)cs2)C1. The second-order valence-electron chi connectivity index (χ2n) is 7.95.